The Morgan fingerprint density at radius 3 is 2.45 bits per heavy atom. The third kappa shape index (κ3) is 2.94. The second kappa shape index (κ2) is 6.08. The van der Waals surface area contributed by atoms with E-state index in [9.17, 15) is 10.4 Å². The van der Waals surface area contributed by atoms with Crippen molar-refractivity contribution in [1.82, 2.24) is 4.90 Å². The van der Waals surface area contributed by atoms with Gasteiger partial charge >= 0.3 is 0 Å². The summed E-state index contributed by atoms with van der Waals surface area (Å²) in [5.41, 5.74) is 2.02. The van der Waals surface area contributed by atoms with Crippen molar-refractivity contribution in [1.29, 1.82) is 5.26 Å². The van der Waals surface area contributed by atoms with Gasteiger partial charge in [0.1, 0.15) is 11.8 Å². The number of nitrogens with zero attached hydrogens (tertiary/aromatic N) is 2. The average molecular weight is 323 g/mol. The summed E-state index contributed by atoms with van der Waals surface area (Å²) in [6.07, 6.45) is -0.697. The van der Waals surface area contributed by atoms with Crippen molar-refractivity contribution in [3.8, 4) is 11.8 Å². The molecule has 0 aromatic heterocycles. The van der Waals surface area contributed by atoms with Gasteiger partial charge in [-0.1, -0.05) is 11.6 Å². The fourth-order valence-electron chi connectivity index (χ4n) is 2.92. The van der Waals surface area contributed by atoms with E-state index in [1.807, 2.05) is 0 Å². The molecule has 1 aliphatic heterocycles. The van der Waals surface area contributed by atoms with Gasteiger partial charge in [0.2, 0.25) is 0 Å². The van der Waals surface area contributed by atoms with Crippen molar-refractivity contribution in [2.75, 3.05) is 20.2 Å². The van der Waals surface area contributed by atoms with Crippen LogP contribution >= 0.6 is 11.6 Å². The first-order valence-corrected chi connectivity index (χ1v) is 7.82. The Hall–Kier alpha value is -1.28. The molecule has 1 aromatic rings. The fourth-order valence-corrected chi connectivity index (χ4v) is 3.18. The molecular weight excluding hydrogens is 300 g/mol. The summed E-state index contributed by atoms with van der Waals surface area (Å²) in [5.74, 6) is 0.787. The lowest BCUT2D eigenvalue weighted by atomic mass is 9.83. The third-order valence-corrected chi connectivity index (χ3v) is 4.60. The van der Waals surface area contributed by atoms with Gasteiger partial charge < -0.3 is 9.84 Å². The van der Waals surface area contributed by atoms with Crippen molar-refractivity contribution in [2.24, 2.45) is 0 Å². The molecule has 22 heavy (non-hydrogen) atoms. The lowest BCUT2D eigenvalue weighted by Gasteiger charge is -2.48. The standard InChI is InChI=1S/C17H23ClN2O2/c1-10(21)12-6-14(18)13(7-19)15(16(12)22-5)11-8-20(9-11)17(2,3)4/h6,10-11,21H,8-9H2,1-5H3. The van der Waals surface area contributed by atoms with Gasteiger partial charge in [0.05, 0.1) is 23.8 Å². The molecule has 0 spiro atoms. The van der Waals surface area contributed by atoms with E-state index in [4.69, 9.17) is 16.3 Å². The summed E-state index contributed by atoms with van der Waals surface area (Å²) in [5, 5.41) is 19.8. The Labute approximate surface area is 137 Å². The van der Waals surface area contributed by atoms with E-state index in [-0.39, 0.29) is 11.5 Å². The second-order valence-electron chi connectivity index (χ2n) is 6.83. The molecule has 1 heterocycles. The Morgan fingerprint density at radius 1 is 1.45 bits per heavy atom. The number of hydrogen-bond acceptors (Lipinski definition) is 4. The highest BCUT2D eigenvalue weighted by Crippen LogP contribution is 2.44. The average Bonchev–Trinajstić information content (AvgIpc) is 2.34. The number of nitriles is 1. The van der Waals surface area contributed by atoms with E-state index < -0.39 is 6.10 Å². The Balaban J connectivity index is 2.48. The van der Waals surface area contributed by atoms with E-state index in [1.165, 1.54) is 0 Å². The molecule has 1 atom stereocenters. The van der Waals surface area contributed by atoms with Crippen LogP contribution in [0.15, 0.2) is 6.07 Å². The Morgan fingerprint density at radius 2 is 2.05 bits per heavy atom. The molecule has 0 bridgehead atoms. The van der Waals surface area contributed by atoms with Crippen molar-refractivity contribution in [2.45, 2.75) is 45.3 Å². The molecule has 1 N–H and O–H groups in total. The highest BCUT2D eigenvalue weighted by Gasteiger charge is 2.39. The topological polar surface area (TPSA) is 56.5 Å². The maximum absolute atomic E-state index is 9.97. The largest absolute Gasteiger partial charge is 0.496 e. The zero-order valence-electron chi connectivity index (χ0n) is 13.8. The van der Waals surface area contributed by atoms with E-state index in [0.29, 0.717) is 21.9 Å². The van der Waals surface area contributed by atoms with E-state index in [2.05, 4.69) is 31.7 Å². The predicted molar refractivity (Wildman–Crippen MR) is 87.4 cm³/mol. The number of ether oxygens (including phenoxy) is 1. The quantitative estimate of drug-likeness (QED) is 0.925. The summed E-state index contributed by atoms with van der Waals surface area (Å²) >= 11 is 6.26. The molecule has 1 saturated heterocycles. The van der Waals surface area contributed by atoms with Crippen LogP contribution in [0.2, 0.25) is 5.02 Å². The lowest BCUT2D eigenvalue weighted by Crippen LogP contribution is -2.54. The number of aliphatic hydroxyl groups excluding tert-OH is 1. The number of rotatable bonds is 3. The van der Waals surface area contributed by atoms with Crippen LogP contribution in [0.4, 0.5) is 0 Å². The maximum Gasteiger partial charge on any atom is 0.129 e. The monoisotopic (exact) mass is 322 g/mol. The minimum Gasteiger partial charge on any atom is -0.496 e. The van der Waals surface area contributed by atoms with Gasteiger partial charge in [0, 0.05) is 35.7 Å². The molecule has 120 valence electrons. The Kier molecular flexibility index (Phi) is 4.72. The van der Waals surface area contributed by atoms with Crippen LogP contribution in [0.25, 0.3) is 0 Å². The number of methoxy groups -OCH3 is 1. The minimum atomic E-state index is -0.697. The van der Waals surface area contributed by atoms with Gasteiger partial charge in [-0.25, -0.2) is 0 Å². The number of aliphatic hydroxyl groups is 1. The molecule has 2 rings (SSSR count). The van der Waals surface area contributed by atoms with Gasteiger partial charge in [0.25, 0.3) is 0 Å². The molecule has 0 radical (unpaired) electrons. The molecule has 4 nitrogen and oxygen atoms in total. The molecule has 1 fully saturated rings. The normalized spacial score (nSPS) is 17.7. The molecule has 0 saturated carbocycles. The molecule has 1 unspecified atom stereocenters. The summed E-state index contributed by atoms with van der Waals surface area (Å²) in [6.45, 7) is 9.90. The summed E-state index contributed by atoms with van der Waals surface area (Å²) in [7, 11) is 1.57. The van der Waals surface area contributed by atoms with E-state index in [1.54, 1.807) is 20.1 Å². The van der Waals surface area contributed by atoms with Gasteiger partial charge in [-0.3, -0.25) is 4.90 Å². The van der Waals surface area contributed by atoms with E-state index in [0.717, 1.165) is 18.7 Å². The highest BCUT2D eigenvalue weighted by molar-refractivity contribution is 6.32. The van der Waals surface area contributed by atoms with Crippen LogP contribution in [0.1, 0.15) is 56.4 Å². The summed E-state index contributed by atoms with van der Waals surface area (Å²) in [6, 6.07) is 3.83. The van der Waals surface area contributed by atoms with Crippen LogP contribution in [-0.4, -0.2) is 35.7 Å². The summed E-state index contributed by atoms with van der Waals surface area (Å²) in [4.78, 5) is 2.35. The summed E-state index contributed by atoms with van der Waals surface area (Å²) < 4.78 is 5.52. The molecule has 0 aliphatic carbocycles. The number of hydrogen-bond donors (Lipinski definition) is 1. The van der Waals surface area contributed by atoms with Crippen molar-refractivity contribution in [3.63, 3.8) is 0 Å². The van der Waals surface area contributed by atoms with Crippen LogP contribution in [0.5, 0.6) is 5.75 Å². The van der Waals surface area contributed by atoms with Crippen LogP contribution in [0.3, 0.4) is 0 Å². The zero-order chi connectivity index (χ0) is 16.7. The van der Waals surface area contributed by atoms with Crippen LogP contribution in [-0.2, 0) is 0 Å². The molecule has 1 aromatic carbocycles. The van der Waals surface area contributed by atoms with Gasteiger partial charge in [-0.2, -0.15) is 5.26 Å². The first-order valence-electron chi connectivity index (χ1n) is 7.44. The first kappa shape index (κ1) is 17.1. The number of halogens is 1. The second-order valence-corrected chi connectivity index (χ2v) is 7.24. The maximum atomic E-state index is 9.97. The van der Waals surface area contributed by atoms with Crippen molar-refractivity contribution in [3.05, 3.63) is 27.8 Å². The smallest absolute Gasteiger partial charge is 0.129 e. The molecule has 5 heteroatoms. The van der Waals surface area contributed by atoms with Gasteiger partial charge in [-0.15, -0.1) is 0 Å². The number of benzene rings is 1. The fraction of sp³-hybridized carbons (Fsp3) is 0.588. The van der Waals surface area contributed by atoms with E-state index >= 15 is 0 Å². The van der Waals surface area contributed by atoms with Crippen LogP contribution in [0, 0.1) is 11.3 Å². The van der Waals surface area contributed by atoms with Crippen LogP contribution < -0.4 is 4.74 Å². The lowest BCUT2D eigenvalue weighted by molar-refractivity contribution is 0.0459. The zero-order valence-corrected chi connectivity index (χ0v) is 14.5. The highest BCUT2D eigenvalue weighted by atomic mass is 35.5. The SMILES string of the molecule is COc1c(C(C)O)cc(Cl)c(C#N)c1C1CN(C(C)(C)C)C1. The van der Waals surface area contributed by atoms with Gasteiger partial charge in [0.15, 0.2) is 0 Å². The van der Waals surface area contributed by atoms with Crippen molar-refractivity contribution >= 4 is 11.6 Å². The minimum absolute atomic E-state index is 0.0994. The van der Waals surface area contributed by atoms with Crippen molar-refractivity contribution < 1.29 is 9.84 Å². The number of likely N-dealkylation sites (tertiary alicyclic amines) is 1. The first-order chi connectivity index (χ1) is 10.2. The molecular formula is C17H23ClN2O2. The molecule has 1 aliphatic rings. The van der Waals surface area contributed by atoms with Gasteiger partial charge in [-0.05, 0) is 33.8 Å². The third-order valence-electron chi connectivity index (χ3n) is 4.30. The molecule has 0 amide bonds. The Bertz CT molecular complexity index is 609. The predicted octanol–water partition coefficient (Wildman–Crippen LogP) is 3.47.